The normalized spacial score (nSPS) is 19.3. The Bertz CT molecular complexity index is 858. The van der Waals surface area contributed by atoms with E-state index in [0.29, 0.717) is 18.8 Å². The molecule has 1 fully saturated rings. The molecule has 2 unspecified atom stereocenters. The zero-order valence-electron chi connectivity index (χ0n) is 14.7. The lowest BCUT2D eigenvalue weighted by Crippen LogP contribution is -2.61. The van der Waals surface area contributed by atoms with Crippen LogP contribution in [0.25, 0.3) is 0 Å². The lowest BCUT2D eigenvalue weighted by atomic mass is 10.2. The average Bonchev–Trinajstić information content (AvgIpc) is 2.70. The highest BCUT2D eigenvalue weighted by Crippen LogP contribution is 2.22. The highest BCUT2D eigenvalue weighted by atomic mass is 32.2. The maximum absolute atomic E-state index is 13.1. The minimum Gasteiger partial charge on any atom is -0.491 e. The van der Waals surface area contributed by atoms with Crippen molar-refractivity contribution in [1.82, 2.24) is 10.2 Å². The van der Waals surface area contributed by atoms with Gasteiger partial charge in [0.15, 0.2) is 9.84 Å². The van der Waals surface area contributed by atoms with Crippen molar-refractivity contribution in [2.75, 3.05) is 26.2 Å². The largest absolute Gasteiger partial charge is 0.491 e. The van der Waals surface area contributed by atoms with Gasteiger partial charge in [-0.1, -0.05) is 36.4 Å². The molecule has 1 saturated heterocycles. The molecule has 0 amide bonds. The second-order valence-corrected chi connectivity index (χ2v) is 8.34. The van der Waals surface area contributed by atoms with Gasteiger partial charge in [0.1, 0.15) is 23.8 Å². The van der Waals surface area contributed by atoms with Gasteiger partial charge >= 0.3 is 5.97 Å². The number of ether oxygens (including phenoxy) is 1. The van der Waals surface area contributed by atoms with Crippen LogP contribution in [0.3, 0.4) is 0 Å². The van der Waals surface area contributed by atoms with E-state index in [-0.39, 0.29) is 18.0 Å². The molecule has 8 heteroatoms. The predicted octanol–water partition coefficient (Wildman–Crippen LogP) is 1.22. The van der Waals surface area contributed by atoms with Crippen LogP contribution in [0.15, 0.2) is 65.6 Å². The van der Waals surface area contributed by atoms with Crippen molar-refractivity contribution in [2.45, 2.75) is 16.3 Å². The molecular weight excluding hydrogens is 368 g/mol. The second kappa shape index (κ2) is 8.51. The van der Waals surface area contributed by atoms with Crippen LogP contribution < -0.4 is 10.1 Å². The lowest BCUT2D eigenvalue weighted by molar-refractivity contribution is -0.145. The van der Waals surface area contributed by atoms with Gasteiger partial charge in [-0.3, -0.25) is 9.69 Å². The highest BCUT2D eigenvalue weighted by Gasteiger charge is 2.41. The molecule has 0 aliphatic carbocycles. The Hall–Kier alpha value is -2.42. The first-order valence-corrected chi connectivity index (χ1v) is 10.2. The van der Waals surface area contributed by atoms with Gasteiger partial charge in [0, 0.05) is 19.6 Å². The third kappa shape index (κ3) is 4.47. The van der Waals surface area contributed by atoms with E-state index in [9.17, 15) is 18.3 Å². The first-order valence-electron chi connectivity index (χ1n) is 8.66. The second-order valence-electron chi connectivity index (χ2n) is 6.23. The fraction of sp³-hybridized carbons (Fsp3) is 0.316. The Labute approximate surface area is 158 Å². The van der Waals surface area contributed by atoms with E-state index in [1.165, 1.54) is 17.0 Å². The van der Waals surface area contributed by atoms with Gasteiger partial charge in [0.2, 0.25) is 0 Å². The van der Waals surface area contributed by atoms with Crippen LogP contribution in [0, 0.1) is 0 Å². The molecule has 2 N–H and O–H groups in total. The summed E-state index contributed by atoms with van der Waals surface area (Å²) in [7, 11) is -3.73. The van der Waals surface area contributed by atoms with Gasteiger partial charge in [-0.15, -0.1) is 0 Å². The van der Waals surface area contributed by atoms with Gasteiger partial charge in [-0.25, -0.2) is 8.42 Å². The average molecular weight is 390 g/mol. The van der Waals surface area contributed by atoms with Crippen molar-refractivity contribution in [3.63, 3.8) is 0 Å². The van der Waals surface area contributed by atoms with Gasteiger partial charge in [0.05, 0.1) is 4.90 Å². The summed E-state index contributed by atoms with van der Waals surface area (Å²) in [5.74, 6) is -0.567. The summed E-state index contributed by atoms with van der Waals surface area (Å²) in [6.45, 7) is 0.828. The third-order valence-corrected chi connectivity index (χ3v) is 6.59. The summed E-state index contributed by atoms with van der Waals surface area (Å²) in [6.07, 6.45) is 0. The Kier molecular flexibility index (Phi) is 6.10. The molecule has 0 bridgehead atoms. The molecule has 27 heavy (non-hydrogen) atoms. The van der Waals surface area contributed by atoms with Crippen molar-refractivity contribution in [1.29, 1.82) is 0 Å². The summed E-state index contributed by atoms with van der Waals surface area (Å²) >= 11 is 0. The van der Waals surface area contributed by atoms with Crippen LogP contribution in [0.5, 0.6) is 5.75 Å². The number of hydrogen-bond acceptors (Lipinski definition) is 6. The van der Waals surface area contributed by atoms with Crippen LogP contribution in [0.4, 0.5) is 0 Å². The lowest BCUT2D eigenvalue weighted by Gasteiger charge is -2.38. The number of carboxylic acid groups (broad SMARTS) is 1. The molecule has 0 radical (unpaired) electrons. The molecule has 1 heterocycles. The number of hydrogen-bond donors (Lipinski definition) is 2. The van der Waals surface area contributed by atoms with Crippen LogP contribution in [0.1, 0.15) is 0 Å². The quantitative estimate of drug-likeness (QED) is 0.734. The molecule has 1 aliphatic heterocycles. The van der Waals surface area contributed by atoms with Crippen LogP contribution in [-0.2, 0) is 14.6 Å². The number of nitrogens with zero attached hydrogens (tertiary/aromatic N) is 1. The predicted molar refractivity (Wildman–Crippen MR) is 100 cm³/mol. The van der Waals surface area contributed by atoms with Gasteiger partial charge in [0.25, 0.3) is 0 Å². The van der Waals surface area contributed by atoms with E-state index in [2.05, 4.69) is 5.32 Å². The Balaban J connectivity index is 1.84. The van der Waals surface area contributed by atoms with Crippen molar-refractivity contribution >= 4 is 15.8 Å². The molecule has 2 aromatic rings. The van der Waals surface area contributed by atoms with Crippen molar-refractivity contribution in [3.05, 3.63) is 60.7 Å². The number of piperazine rings is 1. The van der Waals surface area contributed by atoms with Crippen molar-refractivity contribution in [3.8, 4) is 5.75 Å². The first-order chi connectivity index (χ1) is 13.0. The molecule has 2 atom stereocenters. The Morgan fingerprint density at radius 2 is 1.78 bits per heavy atom. The number of carbonyl (C=O) groups is 1. The Morgan fingerprint density at radius 1 is 1.15 bits per heavy atom. The molecule has 1 aliphatic rings. The van der Waals surface area contributed by atoms with Crippen molar-refractivity contribution < 1.29 is 23.1 Å². The molecule has 3 rings (SSSR count). The fourth-order valence-electron chi connectivity index (χ4n) is 3.11. The molecule has 0 saturated carbocycles. The van der Waals surface area contributed by atoms with Gasteiger partial charge in [-0.2, -0.15) is 0 Å². The van der Waals surface area contributed by atoms with Crippen LogP contribution in [-0.4, -0.2) is 62.1 Å². The topological polar surface area (TPSA) is 95.9 Å². The first kappa shape index (κ1) is 19.3. The van der Waals surface area contributed by atoms with Crippen LogP contribution in [0.2, 0.25) is 0 Å². The van der Waals surface area contributed by atoms with E-state index in [1.54, 1.807) is 42.5 Å². The Morgan fingerprint density at radius 3 is 2.41 bits per heavy atom. The summed E-state index contributed by atoms with van der Waals surface area (Å²) in [5, 5.41) is 11.8. The monoisotopic (exact) mass is 390 g/mol. The minimum absolute atomic E-state index is 0.139. The number of sulfone groups is 1. The van der Waals surface area contributed by atoms with E-state index >= 15 is 0 Å². The number of nitrogens with one attached hydrogen (secondary N) is 1. The number of carboxylic acids is 1. The van der Waals surface area contributed by atoms with Gasteiger partial charge < -0.3 is 15.2 Å². The number of para-hydroxylation sites is 1. The molecule has 0 aromatic heterocycles. The molecule has 144 valence electrons. The summed E-state index contributed by atoms with van der Waals surface area (Å²) in [4.78, 5) is 13.6. The summed E-state index contributed by atoms with van der Waals surface area (Å²) in [6, 6.07) is 15.9. The zero-order valence-corrected chi connectivity index (χ0v) is 15.5. The van der Waals surface area contributed by atoms with E-state index < -0.39 is 27.2 Å². The number of benzene rings is 2. The number of rotatable bonds is 7. The maximum Gasteiger partial charge on any atom is 0.324 e. The van der Waals surface area contributed by atoms with Crippen molar-refractivity contribution in [2.24, 2.45) is 0 Å². The van der Waals surface area contributed by atoms with E-state index in [0.717, 1.165) is 0 Å². The number of aliphatic carboxylic acids is 1. The van der Waals surface area contributed by atoms with Gasteiger partial charge in [-0.05, 0) is 24.3 Å². The highest BCUT2D eigenvalue weighted by molar-refractivity contribution is 7.92. The molecule has 2 aromatic carbocycles. The van der Waals surface area contributed by atoms with E-state index in [4.69, 9.17) is 4.74 Å². The summed E-state index contributed by atoms with van der Waals surface area (Å²) < 4.78 is 31.8. The minimum atomic E-state index is -3.73. The van der Waals surface area contributed by atoms with Crippen LogP contribution >= 0.6 is 0 Å². The fourth-order valence-corrected chi connectivity index (χ4v) is 4.90. The smallest absolute Gasteiger partial charge is 0.324 e. The standard InChI is InChI=1S/C19H22N2O5S/c22-19(23)17(14-26-15-7-3-1-4-8-15)21-12-11-20-13-18(21)27(24,25)16-9-5-2-6-10-16/h1-10,17-18,20H,11-14H2,(H,22,23). The third-order valence-electron chi connectivity index (χ3n) is 4.50. The molecule has 7 nitrogen and oxygen atoms in total. The molecular formula is C19H22N2O5S. The van der Waals surface area contributed by atoms with E-state index in [1.807, 2.05) is 6.07 Å². The summed E-state index contributed by atoms with van der Waals surface area (Å²) in [5.41, 5.74) is 0. The SMILES string of the molecule is O=C(O)C(COc1ccccc1)N1CCNCC1S(=O)(=O)c1ccccc1. The maximum atomic E-state index is 13.1. The zero-order chi connectivity index (χ0) is 19.3. The molecule has 0 spiro atoms.